The number of aryl methyl sites for hydroxylation is 1. The first kappa shape index (κ1) is 13.5. The summed E-state index contributed by atoms with van der Waals surface area (Å²) in [7, 11) is 1.34. The molecule has 0 N–H and O–H groups in total. The van der Waals surface area contributed by atoms with Crippen molar-refractivity contribution in [2.24, 2.45) is 0 Å². The first-order valence-electron chi connectivity index (χ1n) is 6.98. The van der Waals surface area contributed by atoms with Crippen molar-refractivity contribution < 1.29 is 9.53 Å². The summed E-state index contributed by atoms with van der Waals surface area (Å²) in [5.41, 5.74) is 2.65. The highest BCUT2D eigenvalue weighted by atomic mass is 16.5. The van der Waals surface area contributed by atoms with Crippen molar-refractivity contribution in [3.05, 3.63) is 47.9 Å². The van der Waals surface area contributed by atoms with Crippen LogP contribution in [0, 0.1) is 0 Å². The third kappa shape index (κ3) is 2.46. The number of rotatable bonds is 2. The Morgan fingerprint density at radius 3 is 2.95 bits per heavy atom. The molecular weight excluding hydrogens is 266 g/mol. The molecule has 0 spiro atoms. The highest BCUT2D eigenvalue weighted by Gasteiger charge is 2.25. The van der Waals surface area contributed by atoms with E-state index in [1.807, 2.05) is 12.1 Å². The number of hydrogen-bond acceptors (Lipinski definition) is 5. The number of nitrogens with zero attached hydrogens (tertiary/aromatic N) is 3. The zero-order chi connectivity index (χ0) is 14.8. The number of carbonyl (C=O) groups excluding carboxylic acids is 1. The summed E-state index contributed by atoms with van der Waals surface area (Å²) >= 11 is 0. The molecule has 0 aliphatic carbocycles. The van der Waals surface area contributed by atoms with E-state index in [9.17, 15) is 4.79 Å². The summed E-state index contributed by atoms with van der Waals surface area (Å²) < 4.78 is 4.71. The predicted octanol–water partition coefficient (Wildman–Crippen LogP) is 2.74. The lowest BCUT2D eigenvalue weighted by Crippen LogP contribution is -2.34. The zero-order valence-electron chi connectivity index (χ0n) is 12.1. The van der Waals surface area contributed by atoms with Crippen LogP contribution >= 0.6 is 0 Å². The molecule has 3 rings (SSSR count). The van der Waals surface area contributed by atoms with Crippen molar-refractivity contribution in [2.75, 3.05) is 12.0 Å². The Kier molecular flexibility index (Phi) is 3.56. The van der Waals surface area contributed by atoms with Crippen molar-refractivity contribution in [2.45, 2.75) is 25.8 Å². The maximum Gasteiger partial charge on any atom is 0.358 e. The zero-order valence-corrected chi connectivity index (χ0v) is 12.1. The molecule has 0 amide bonds. The molecule has 1 aliphatic heterocycles. The van der Waals surface area contributed by atoms with Gasteiger partial charge in [0.1, 0.15) is 0 Å². The third-order valence-electron chi connectivity index (χ3n) is 3.79. The van der Waals surface area contributed by atoms with Crippen molar-refractivity contribution in [1.82, 2.24) is 9.97 Å². The first-order valence-corrected chi connectivity index (χ1v) is 6.98. The Balaban J connectivity index is 2.05. The Labute approximate surface area is 123 Å². The molecular formula is C16H17N3O2. The van der Waals surface area contributed by atoms with Crippen LogP contribution in [0.25, 0.3) is 0 Å². The molecule has 1 aliphatic rings. The Hall–Kier alpha value is -2.43. The van der Waals surface area contributed by atoms with Gasteiger partial charge in [-0.15, -0.1) is 0 Å². The summed E-state index contributed by atoms with van der Waals surface area (Å²) in [6.07, 6.45) is 5.21. The van der Waals surface area contributed by atoms with E-state index in [1.54, 1.807) is 6.20 Å². The molecule has 5 nitrogen and oxygen atoms in total. The minimum absolute atomic E-state index is 0.227. The number of ether oxygens (including phenoxy) is 1. The van der Waals surface area contributed by atoms with E-state index in [0.717, 1.165) is 18.5 Å². The first-order chi connectivity index (χ1) is 10.2. The van der Waals surface area contributed by atoms with Crippen molar-refractivity contribution >= 4 is 17.5 Å². The van der Waals surface area contributed by atoms with E-state index < -0.39 is 5.97 Å². The number of para-hydroxylation sites is 1. The normalized spacial score (nSPS) is 17.2. The monoisotopic (exact) mass is 283 g/mol. The van der Waals surface area contributed by atoms with Crippen molar-refractivity contribution in [3.63, 3.8) is 0 Å². The van der Waals surface area contributed by atoms with Crippen LogP contribution < -0.4 is 4.90 Å². The van der Waals surface area contributed by atoms with Gasteiger partial charge < -0.3 is 9.64 Å². The van der Waals surface area contributed by atoms with Crippen LogP contribution in [-0.2, 0) is 11.2 Å². The summed E-state index contributed by atoms with van der Waals surface area (Å²) in [6, 6.07) is 8.58. The second-order valence-corrected chi connectivity index (χ2v) is 5.14. The minimum Gasteiger partial charge on any atom is -0.464 e. The Bertz CT molecular complexity index is 672. The number of carbonyl (C=O) groups is 1. The van der Waals surface area contributed by atoms with Crippen molar-refractivity contribution in [1.29, 1.82) is 0 Å². The minimum atomic E-state index is -0.470. The van der Waals surface area contributed by atoms with E-state index in [-0.39, 0.29) is 5.69 Å². The van der Waals surface area contributed by atoms with E-state index >= 15 is 0 Å². The van der Waals surface area contributed by atoms with Gasteiger partial charge in [-0.1, -0.05) is 18.2 Å². The molecule has 2 aromatic rings. The summed E-state index contributed by atoms with van der Waals surface area (Å²) in [6.45, 7) is 2.16. The van der Waals surface area contributed by atoms with E-state index in [0.29, 0.717) is 11.9 Å². The molecule has 1 atom stereocenters. The molecule has 0 bridgehead atoms. The van der Waals surface area contributed by atoms with Gasteiger partial charge >= 0.3 is 5.97 Å². The Morgan fingerprint density at radius 1 is 1.33 bits per heavy atom. The largest absolute Gasteiger partial charge is 0.464 e. The summed E-state index contributed by atoms with van der Waals surface area (Å²) in [5, 5.41) is 0. The molecule has 0 fully saturated rings. The van der Waals surface area contributed by atoms with Crippen LogP contribution in [0.5, 0.6) is 0 Å². The third-order valence-corrected chi connectivity index (χ3v) is 3.79. The van der Waals surface area contributed by atoms with Gasteiger partial charge in [0, 0.05) is 11.7 Å². The van der Waals surface area contributed by atoms with Gasteiger partial charge in [-0.2, -0.15) is 0 Å². The topological polar surface area (TPSA) is 55.3 Å². The molecule has 5 heteroatoms. The van der Waals surface area contributed by atoms with E-state index in [2.05, 4.69) is 33.9 Å². The fourth-order valence-corrected chi connectivity index (χ4v) is 2.71. The quantitative estimate of drug-likeness (QED) is 0.793. The number of esters is 1. The van der Waals surface area contributed by atoms with Gasteiger partial charge in [-0.3, -0.25) is 4.98 Å². The van der Waals surface area contributed by atoms with Gasteiger partial charge in [-0.05, 0) is 31.4 Å². The lowest BCUT2D eigenvalue weighted by molar-refractivity contribution is 0.0593. The average Bonchev–Trinajstić information content (AvgIpc) is 2.54. The van der Waals surface area contributed by atoms with Gasteiger partial charge in [0.25, 0.3) is 0 Å². The smallest absolute Gasteiger partial charge is 0.358 e. The fraction of sp³-hybridized carbons (Fsp3) is 0.312. The van der Waals surface area contributed by atoms with Crippen LogP contribution in [0.2, 0.25) is 0 Å². The van der Waals surface area contributed by atoms with Crippen LogP contribution in [0.15, 0.2) is 36.7 Å². The van der Waals surface area contributed by atoms with Crippen LogP contribution in [0.4, 0.5) is 11.5 Å². The van der Waals surface area contributed by atoms with Crippen LogP contribution in [-0.4, -0.2) is 29.1 Å². The lowest BCUT2D eigenvalue weighted by Gasteiger charge is -2.36. The lowest BCUT2D eigenvalue weighted by atomic mass is 9.97. The second kappa shape index (κ2) is 5.52. The molecule has 21 heavy (non-hydrogen) atoms. The number of methoxy groups -OCH3 is 1. The SMILES string of the molecule is COC(=O)c1cncc(N2c3ccccc3CCC2C)n1. The van der Waals surface area contributed by atoms with Gasteiger partial charge in [-0.25, -0.2) is 9.78 Å². The molecule has 108 valence electrons. The fourth-order valence-electron chi connectivity index (χ4n) is 2.71. The standard InChI is InChI=1S/C16H17N3O2/c1-11-7-8-12-5-3-4-6-14(12)19(11)15-10-17-9-13(18-15)16(20)21-2/h3-6,9-11H,7-8H2,1-2H3. The molecule has 2 heterocycles. The van der Waals surface area contributed by atoms with E-state index in [4.69, 9.17) is 4.74 Å². The maximum atomic E-state index is 11.6. The van der Waals surface area contributed by atoms with Gasteiger partial charge in [0.05, 0.1) is 19.5 Å². The predicted molar refractivity (Wildman–Crippen MR) is 79.7 cm³/mol. The van der Waals surface area contributed by atoms with Gasteiger partial charge in [0.15, 0.2) is 11.5 Å². The van der Waals surface area contributed by atoms with Crippen molar-refractivity contribution in [3.8, 4) is 0 Å². The van der Waals surface area contributed by atoms with Gasteiger partial charge in [0.2, 0.25) is 0 Å². The number of benzene rings is 1. The number of anilines is 2. The summed E-state index contributed by atoms with van der Waals surface area (Å²) in [5.74, 6) is 0.208. The average molecular weight is 283 g/mol. The number of hydrogen-bond donors (Lipinski definition) is 0. The molecule has 1 unspecified atom stereocenters. The number of fused-ring (bicyclic) bond motifs is 1. The second-order valence-electron chi connectivity index (χ2n) is 5.14. The molecule has 0 saturated heterocycles. The van der Waals surface area contributed by atoms with Crippen LogP contribution in [0.1, 0.15) is 29.4 Å². The Morgan fingerprint density at radius 2 is 2.14 bits per heavy atom. The molecule has 1 aromatic heterocycles. The number of aromatic nitrogens is 2. The molecule has 1 aromatic carbocycles. The molecule has 0 radical (unpaired) electrons. The summed E-state index contributed by atoms with van der Waals surface area (Å²) in [4.78, 5) is 22.3. The highest BCUT2D eigenvalue weighted by molar-refractivity contribution is 5.87. The highest BCUT2D eigenvalue weighted by Crippen LogP contribution is 2.35. The maximum absolute atomic E-state index is 11.6. The molecule has 0 saturated carbocycles. The van der Waals surface area contributed by atoms with E-state index in [1.165, 1.54) is 18.9 Å². The van der Waals surface area contributed by atoms with Crippen LogP contribution in [0.3, 0.4) is 0 Å².